The lowest BCUT2D eigenvalue weighted by Gasteiger charge is -2.21. The Labute approximate surface area is 156 Å². The third kappa shape index (κ3) is 4.15. The molecule has 0 fully saturated rings. The van der Waals surface area contributed by atoms with Crippen LogP contribution in [0.1, 0.15) is 13.8 Å². The second kappa shape index (κ2) is 7.45. The minimum atomic E-state index is -4.21. The molecule has 1 aromatic heterocycles. The first kappa shape index (κ1) is 19.0. The van der Waals surface area contributed by atoms with Gasteiger partial charge in [-0.1, -0.05) is 38.1 Å². The predicted octanol–water partition coefficient (Wildman–Crippen LogP) is 2.64. The third-order valence-corrected chi connectivity index (χ3v) is 5.46. The lowest BCUT2D eigenvalue weighted by atomic mass is 10.1. The quantitative estimate of drug-likeness (QED) is 0.602. The summed E-state index contributed by atoms with van der Waals surface area (Å²) in [6.07, 6.45) is 0. The number of nitrogens with one attached hydrogen (secondary N) is 3. The number of para-hydroxylation sites is 2. The number of carbonyl (C=O) groups excluding carboxylic acids is 1. The van der Waals surface area contributed by atoms with Crippen molar-refractivity contribution >= 4 is 32.9 Å². The molecule has 1 heterocycles. The monoisotopic (exact) mass is 390 g/mol. The van der Waals surface area contributed by atoms with Crippen LogP contribution in [0.4, 0.5) is 10.3 Å². The smallest absolute Gasteiger partial charge is 0.245 e. The molecular weight excluding hydrogens is 371 g/mol. The van der Waals surface area contributed by atoms with E-state index in [0.717, 1.165) is 17.6 Å². The molecule has 1 amide bonds. The summed E-state index contributed by atoms with van der Waals surface area (Å²) in [7, 11) is -4.21. The Balaban J connectivity index is 1.82. The number of aromatic amines is 1. The van der Waals surface area contributed by atoms with E-state index in [0.29, 0.717) is 5.52 Å². The highest BCUT2D eigenvalue weighted by Crippen LogP contribution is 2.17. The molecule has 7 nitrogen and oxygen atoms in total. The standard InChI is InChI=1S/C18H19FN4O3S/c1-11(2)16(23-27(25,26)15-10-6-3-7-12(15)19)17(24)22-18-20-13-8-4-5-9-14(13)21-18/h3-11,16,23H,1-2H3,(H2,20,21,22,24). The zero-order valence-electron chi connectivity index (χ0n) is 14.7. The number of aromatic nitrogens is 2. The molecular formula is C18H19FN4O3S. The van der Waals surface area contributed by atoms with Crippen LogP contribution in [0.5, 0.6) is 0 Å². The van der Waals surface area contributed by atoms with E-state index in [-0.39, 0.29) is 11.9 Å². The molecule has 0 radical (unpaired) electrons. The topological polar surface area (TPSA) is 104 Å². The minimum absolute atomic E-state index is 0.205. The molecule has 0 aliphatic rings. The van der Waals surface area contributed by atoms with Gasteiger partial charge in [-0.3, -0.25) is 10.1 Å². The second-order valence-electron chi connectivity index (χ2n) is 6.37. The van der Waals surface area contributed by atoms with E-state index in [4.69, 9.17) is 0 Å². The van der Waals surface area contributed by atoms with Gasteiger partial charge in [0.25, 0.3) is 0 Å². The third-order valence-electron chi connectivity index (χ3n) is 3.99. The molecule has 0 spiro atoms. The number of sulfonamides is 1. The minimum Gasteiger partial charge on any atom is -0.324 e. The molecule has 0 aliphatic heterocycles. The number of amides is 1. The van der Waals surface area contributed by atoms with Crippen LogP contribution in [0.25, 0.3) is 11.0 Å². The Hall–Kier alpha value is -2.78. The summed E-state index contributed by atoms with van der Waals surface area (Å²) in [6.45, 7) is 3.37. The van der Waals surface area contributed by atoms with Crippen LogP contribution in [-0.2, 0) is 14.8 Å². The molecule has 0 saturated heterocycles. The number of H-pyrrole nitrogens is 1. The molecule has 3 N–H and O–H groups in total. The fourth-order valence-electron chi connectivity index (χ4n) is 2.59. The highest BCUT2D eigenvalue weighted by molar-refractivity contribution is 7.89. The fraction of sp³-hybridized carbons (Fsp3) is 0.222. The number of carbonyl (C=O) groups is 1. The highest BCUT2D eigenvalue weighted by atomic mass is 32.2. The van der Waals surface area contributed by atoms with E-state index in [1.54, 1.807) is 26.0 Å². The van der Waals surface area contributed by atoms with Crippen molar-refractivity contribution in [2.75, 3.05) is 5.32 Å². The first-order valence-electron chi connectivity index (χ1n) is 8.30. The maximum Gasteiger partial charge on any atom is 0.245 e. The molecule has 3 aromatic rings. The second-order valence-corrected chi connectivity index (χ2v) is 8.05. The summed E-state index contributed by atoms with van der Waals surface area (Å²) in [5, 5.41) is 2.58. The van der Waals surface area contributed by atoms with Gasteiger partial charge in [0, 0.05) is 0 Å². The van der Waals surface area contributed by atoms with Gasteiger partial charge in [-0.2, -0.15) is 4.72 Å². The number of fused-ring (bicyclic) bond motifs is 1. The van der Waals surface area contributed by atoms with E-state index >= 15 is 0 Å². The number of anilines is 1. The summed E-state index contributed by atoms with van der Waals surface area (Å²) >= 11 is 0. The van der Waals surface area contributed by atoms with Crippen molar-refractivity contribution in [1.82, 2.24) is 14.7 Å². The van der Waals surface area contributed by atoms with Gasteiger partial charge in [0.15, 0.2) is 0 Å². The number of hydrogen-bond donors (Lipinski definition) is 3. The fourth-order valence-corrected chi connectivity index (χ4v) is 4.02. The molecule has 3 rings (SSSR count). The number of halogens is 1. The molecule has 2 aromatic carbocycles. The normalized spacial score (nSPS) is 13.0. The van der Waals surface area contributed by atoms with Crippen molar-refractivity contribution in [1.29, 1.82) is 0 Å². The van der Waals surface area contributed by atoms with Crippen LogP contribution in [0.2, 0.25) is 0 Å². The maximum atomic E-state index is 13.9. The van der Waals surface area contributed by atoms with Gasteiger partial charge in [-0.05, 0) is 30.2 Å². The number of hydrogen-bond acceptors (Lipinski definition) is 4. The number of nitrogens with zero attached hydrogens (tertiary/aromatic N) is 1. The van der Waals surface area contributed by atoms with Crippen LogP contribution < -0.4 is 10.0 Å². The van der Waals surface area contributed by atoms with Crippen molar-refractivity contribution in [3.8, 4) is 0 Å². The van der Waals surface area contributed by atoms with Crippen LogP contribution in [0, 0.1) is 11.7 Å². The van der Waals surface area contributed by atoms with E-state index in [1.807, 2.05) is 12.1 Å². The number of benzene rings is 2. The first-order valence-corrected chi connectivity index (χ1v) is 9.79. The van der Waals surface area contributed by atoms with Gasteiger partial charge in [0.05, 0.1) is 11.0 Å². The highest BCUT2D eigenvalue weighted by Gasteiger charge is 2.30. The van der Waals surface area contributed by atoms with Gasteiger partial charge in [0.2, 0.25) is 21.9 Å². The van der Waals surface area contributed by atoms with Crippen LogP contribution in [0.3, 0.4) is 0 Å². The molecule has 0 bridgehead atoms. The Bertz CT molecular complexity index is 1050. The zero-order chi connectivity index (χ0) is 19.6. The number of imidazole rings is 1. The lowest BCUT2D eigenvalue weighted by molar-refractivity contribution is -0.118. The Kier molecular flexibility index (Phi) is 5.24. The average molecular weight is 390 g/mol. The molecule has 1 atom stereocenters. The summed E-state index contributed by atoms with van der Waals surface area (Å²) in [6, 6.07) is 11.1. The van der Waals surface area contributed by atoms with Crippen molar-refractivity contribution in [3.05, 3.63) is 54.3 Å². The molecule has 0 saturated carbocycles. The van der Waals surface area contributed by atoms with Crippen molar-refractivity contribution in [2.24, 2.45) is 5.92 Å². The van der Waals surface area contributed by atoms with E-state index < -0.39 is 32.7 Å². The van der Waals surface area contributed by atoms with Crippen molar-refractivity contribution in [3.63, 3.8) is 0 Å². The average Bonchev–Trinajstić information content (AvgIpc) is 3.01. The number of rotatable bonds is 6. The molecule has 0 aliphatic carbocycles. The van der Waals surface area contributed by atoms with Crippen LogP contribution in [0.15, 0.2) is 53.4 Å². The molecule has 1 unspecified atom stereocenters. The van der Waals surface area contributed by atoms with E-state index in [2.05, 4.69) is 20.0 Å². The summed E-state index contributed by atoms with van der Waals surface area (Å²) < 4.78 is 41.2. The molecule has 9 heteroatoms. The lowest BCUT2D eigenvalue weighted by Crippen LogP contribution is -2.47. The maximum absolute atomic E-state index is 13.9. The van der Waals surface area contributed by atoms with Gasteiger partial charge >= 0.3 is 0 Å². The summed E-state index contributed by atoms with van der Waals surface area (Å²) in [4.78, 5) is 19.3. The van der Waals surface area contributed by atoms with E-state index in [9.17, 15) is 17.6 Å². The Morgan fingerprint density at radius 2 is 1.78 bits per heavy atom. The predicted molar refractivity (Wildman–Crippen MR) is 100 cm³/mol. The Morgan fingerprint density at radius 1 is 1.11 bits per heavy atom. The zero-order valence-corrected chi connectivity index (χ0v) is 15.5. The first-order chi connectivity index (χ1) is 12.8. The Morgan fingerprint density at radius 3 is 2.44 bits per heavy atom. The van der Waals surface area contributed by atoms with Gasteiger partial charge < -0.3 is 4.98 Å². The summed E-state index contributed by atoms with van der Waals surface area (Å²) in [5.41, 5.74) is 1.40. The van der Waals surface area contributed by atoms with Gasteiger partial charge in [-0.25, -0.2) is 17.8 Å². The van der Waals surface area contributed by atoms with Crippen molar-refractivity contribution < 1.29 is 17.6 Å². The largest absolute Gasteiger partial charge is 0.324 e. The SMILES string of the molecule is CC(C)C(NS(=O)(=O)c1ccccc1F)C(=O)Nc1nc2ccccc2[nH]1. The molecule has 142 valence electrons. The van der Waals surface area contributed by atoms with Crippen molar-refractivity contribution in [2.45, 2.75) is 24.8 Å². The summed E-state index contributed by atoms with van der Waals surface area (Å²) in [5.74, 6) is -1.65. The van der Waals surface area contributed by atoms with E-state index in [1.165, 1.54) is 12.1 Å². The van der Waals surface area contributed by atoms with Crippen LogP contribution in [-0.4, -0.2) is 30.3 Å². The van der Waals surface area contributed by atoms with Crippen LogP contribution >= 0.6 is 0 Å². The van der Waals surface area contributed by atoms with Gasteiger partial charge in [-0.15, -0.1) is 0 Å². The molecule has 27 heavy (non-hydrogen) atoms. The van der Waals surface area contributed by atoms with Gasteiger partial charge in [0.1, 0.15) is 16.8 Å².